The van der Waals surface area contributed by atoms with Crippen LogP contribution in [0.2, 0.25) is 0 Å². The number of para-hydroxylation sites is 1. The Kier molecular flexibility index (Phi) is 5.70. The van der Waals surface area contributed by atoms with Gasteiger partial charge in [-0.15, -0.1) is 0 Å². The molecular formula is C23H25N3O4. The van der Waals surface area contributed by atoms with Gasteiger partial charge in [-0.1, -0.05) is 48.5 Å². The summed E-state index contributed by atoms with van der Waals surface area (Å²) >= 11 is 0. The minimum Gasteiger partial charge on any atom is -0.492 e. The van der Waals surface area contributed by atoms with Crippen molar-refractivity contribution in [3.8, 4) is 5.75 Å². The molecule has 0 aromatic heterocycles. The largest absolute Gasteiger partial charge is 0.492 e. The summed E-state index contributed by atoms with van der Waals surface area (Å²) in [5.74, 6) is 0.518. The Labute approximate surface area is 175 Å². The van der Waals surface area contributed by atoms with Gasteiger partial charge in [-0.2, -0.15) is 0 Å². The van der Waals surface area contributed by atoms with Gasteiger partial charge in [0.15, 0.2) is 0 Å². The number of nitrogens with one attached hydrogen (secondary N) is 1. The van der Waals surface area contributed by atoms with E-state index in [1.54, 1.807) is 4.90 Å². The molecule has 30 heavy (non-hydrogen) atoms. The molecule has 0 saturated carbocycles. The number of ether oxygens (including phenoxy) is 1. The number of urea groups is 1. The molecule has 0 unspecified atom stereocenters. The van der Waals surface area contributed by atoms with E-state index < -0.39 is 5.54 Å². The number of hydrogen-bond donors (Lipinski definition) is 1. The summed E-state index contributed by atoms with van der Waals surface area (Å²) in [5.41, 5.74) is 0.0607. The summed E-state index contributed by atoms with van der Waals surface area (Å²) in [7, 11) is 0. The van der Waals surface area contributed by atoms with Crippen LogP contribution in [0.3, 0.4) is 0 Å². The second-order valence-corrected chi connectivity index (χ2v) is 7.67. The highest BCUT2D eigenvalue weighted by Gasteiger charge is 2.52. The topological polar surface area (TPSA) is 79.0 Å². The van der Waals surface area contributed by atoms with Crippen LogP contribution < -0.4 is 10.1 Å². The van der Waals surface area contributed by atoms with Crippen molar-refractivity contribution in [1.29, 1.82) is 0 Å². The molecule has 2 fully saturated rings. The number of carbonyl (C=O) groups is 3. The molecule has 0 aliphatic carbocycles. The van der Waals surface area contributed by atoms with E-state index in [-0.39, 0.29) is 31.0 Å². The molecular weight excluding hydrogens is 382 g/mol. The van der Waals surface area contributed by atoms with Gasteiger partial charge >= 0.3 is 6.03 Å². The number of rotatable bonds is 6. The Morgan fingerprint density at radius 1 is 0.967 bits per heavy atom. The number of nitrogens with zero attached hydrogens (tertiary/aromatic N) is 2. The number of amides is 4. The molecule has 1 spiro atoms. The second kappa shape index (κ2) is 8.57. The first-order valence-electron chi connectivity index (χ1n) is 10.2. The van der Waals surface area contributed by atoms with Crippen molar-refractivity contribution in [3.05, 3.63) is 66.2 Å². The fraction of sp³-hybridized carbons (Fsp3) is 0.348. The maximum absolute atomic E-state index is 13.0. The monoisotopic (exact) mass is 407 g/mol. The van der Waals surface area contributed by atoms with Crippen LogP contribution in [0.5, 0.6) is 5.75 Å². The Morgan fingerprint density at radius 2 is 1.60 bits per heavy atom. The number of piperidine rings is 1. The number of imide groups is 1. The van der Waals surface area contributed by atoms with E-state index in [0.717, 1.165) is 5.56 Å². The molecule has 156 valence electrons. The van der Waals surface area contributed by atoms with Crippen LogP contribution in [0, 0.1) is 0 Å². The van der Waals surface area contributed by atoms with E-state index in [2.05, 4.69) is 5.32 Å². The molecule has 7 nitrogen and oxygen atoms in total. The quantitative estimate of drug-likeness (QED) is 0.745. The van der Waals surface area contributed by atoms with Gasteiger partial charge in [-0.25, -0.2) is 4.79 Å². The summed E-state index contributed by atoms with van der Waals surface area (Å²) in [5, 5.41) is 2.87. The van der Waals surface area contributed by atoms with Crippen molar-refractivity contribution < 1.29 is 19.1 Å². The third-order valence-electron chi connectivity index (χ3n) is 5.74. The summed E-state index contributed by atoms with van der Waals surface area (Å²) in [6.07, 6.45) is 1.19. The van der Waals surface area contributed by atoms with Gasteiger partial charge in [0, 0.05) is 13.1 Å². The lowest BCUT2D eigenvalue weighted by atomic mass is 9.87. The number of hydrogen-bond acceptors (Lipinski definition) is 4. The van der Waals surface area contributed by atoms with E-state index >= 15 is 0 Å². The van der Waals surface area contributed by atoms with Crippen LogP contribution in [0.25, 0.3) is 0 Å². The first kappa shape index (κ1) is 19.9. The smallest absolute Gasteiger partial charge is 0.325 e. The summed E-state index contributed by atoms with van der Waals surface area (Å²) in [4.78, 5) is 41.0. The molecule has 4 rings (SSSR count). The molecule has 2 saturated heterocycles. The van der Waals surface area contributed by atoms with Crippen LogP contribution in [0.15, 0.2) is 60.7 Å². The highest BCUT2D eigenvalue weighted by atomic mass is 16.5. The standard InChI is InChI=1S/C23H25N3O4/c27-20(17-18-7-3-1-4-8-18)25-13-11-23(12-14-25)21(28)26(22(29)24-23)15-16-30-19-9-5-2-6-10-19/h1-10H,11-17H2,(H,24,29). The molecule has 0 radical (unpaired) electrons. The SMILES string of the molecule is O=C(Cc1ccccc1)N1CCC2(CC1)NC(=O)N(CCOc1ccccc1)C2=O. The second-order valence-electron chi connectivity index (χ2n) is 7.67. The maximum Gasteiger partial charge on any atom is 0.325 e. The molecule has 7 heteroatoms. The van der Waals surface area contributed by atoms with Crippen LogP contribution in [-0.4, -0.2) is 59.4 Å². The number of benzene rings is 2. The predicted molar refractivity (Wildman–Crippen MR) is 111 cm³/mol. The zero-order valence-corrected chi connectivity index (χ0v) is 16.8. The number of carbonyl (C=O) groups excluding carboxylic acids is 3. The van der Waals surface area contributed by atoms with E-state index in [4.69, 9.17) is 4.74 Å². The van der Waals surface area contributed by atoms with Crippen molar-refractivity contribution >= 4 is 17.8 Å². The summed E-state index contributed by atoms with van der Waals surface area (Å²) in [6, 6.07) is 18.5. The molecule has 4 amide bonds. The number of likely N-dealkylation sites (tertiary alicyclic amines) is 1. The summed E-state index contributed by atoms with van der Waals surface area (Å²) < 4.78 is 5.62. The van der Waals surface area contributed by atoms with Crippen molar-refractivity contribution in [2.45, 2.75) is 24.8 Å². The lowest BCUT2D eigenvalue weighted by Gasteiger charge is -2.37. The Morgan fingerprint density at radius 3 is 2.27 bits per heavy atom. The first-order valence-corrected chi connectivity index (χ1v) is 10.2. The van der Waals surface area contributed by atoms with Gasteiger partial charge in [0.2, 0.25) is 5.91 Å². The molecule has 1 N–H and O–H groups in total. The van der Waals surface area contributed by atoms with Crippen LogP contribution in [0.1, 0.15) is 18.4 Å². The Bertz CT molecular complexity index is 909. The lowest BCUT2D eigenvalue weighted by Crippen LogP contribution is -2.56. The van der Waals surface area contributed by atoms with Gasteiger partial charge in [0.05, 0.1) is 13.0 Å². The van der Waals surface area contributed by atoms with Gasteiger partial charge in [0.25, 0.3) is 5.91 Å². The van der Waals surface area contributed by atoms with E-state index in [0.29, 0.717) is 38.1 Å². The zero-order chi connectivity index (χ0) is 21.0. The van der Waals surface area contributed by atoms with Crippen LogP contribution >= 0.6 is 0 Å². The first-order chi connectivity index (χ1) is 14.6. The van der Waals surface area contributed by atoms with Crippen LogP contribution in [0.4, 0.5) is 4.79 Å². The molecule has 0 bridgehead atoms. The molecule has 2 heterocycles. The van der Waals surface area contributed by atoms with Gasteiger partial charge in [-0.3, -0.25) is 14.5 Å². The third kappa shape index (κ3) is 4.15. The minimum atomic E-state index is -0.909. The van der Waals surface area contributed by atoms with E-state index in [1.165, 1.54) is 4.90 Å². The van der Waals surface area contributed by atoms with Crippen molar-refractivity contribution in [1.82, 2.24) is 15.1 Å². The highest BCUT2D eigenvalue weighted by Crippen LogP contribution is 2.29. The van der Waals surface area contributed by atoms with E-state index in [9.17, 15) is 14.4 Å². The highest BCUT2D eigenvalue weighted by molar-refractivity contribution is 6.07. The van der Waals surface area contributed by atoms with Crippen LogP contribution in [-0.2, 0) is 16.0 Å². The average molecular weight is 407 g/mol. The average Bonchev–Trinajstić information content (AvgIpc) is 2.99. The van der Waals surface area contributed by atoms with Crippen molar-refractivity contribution in [3.63, 3.8) is 0 Å². The lowest BCUT2D eigenvalue weighted by molar-refractivity contribution is -0.138. The predicted octanol–water partition coefficient (Wildman–Crippen LogP) is 2.22. The van der Waals surface area contributed by atoms with Gasteiger partial charge in [-0.05, 0) is 30.5 Å². The third-order valence-corrected chi connectivity index (χ3v) is 5.74. The zero-order valence-electron chi connectivity index (χ0n) is 16.8. The molecule has 2 aliphatic rings. The Hall–Kier alpha value is -3.35. The fourth-order valence-corrected chi connectivity index (χ4v) is 4.01. The molecule has 2 aromatic carbocycles. The van der Waals surface area contributed by atoms with E-state index in [1.807, 2.05) is 60.7 Å². The van der Waals surface area contributed by atoms with Crippen molar-refractivity contribution in [2.24, 2.45) is 0 Å². The molecule has 2 aromatic rings. The molecule has 2 aliphatic heterocycles. The normalized spacial score (nSPS) is 17.9. The van der Waals surface area contributed by atoms with Gasteiger partial charge in [0.1, 0.15) is 17.9 Å². The minimum absolute atomic E-state index is 0.0425. The molecule has 0 atom stereocenters. The van der Waals surface area contributed by atoms with Crippen molar-refractivity contribution in [2.75, 3.05) is 26.2 Å². The Balaban J connectivity index is 1.30. The summed E-state index contributed by atoms with van der Waals surface area (Å²) in [6.45, 7) is 1.33. The van der Waals surface area contributed by atoms with Gasteiger partial charge < -0.3 is 15.0 Å². The fourth-order valence-electron chi connectivity index (χ4n) is 4.01. The maximum atomic E-state index is 13.0.